The molecule has 0 fully saturated rings. The molecule has 1 N–H and O–H groups in total. The monoisotopic (exact) mass is 241 g/mol. The number of hydrogen-bond donors (Lipinski definition) is 1. The highest BCUT2D eigenvalue weighted by atomic mass is 32.1. The summed E-state index contributed by atoms with van der Waals surface area (Å²) in [6.45, 7) is 9.20. The molecule has 0 bridgehead atoms. The van der Waals surface area contributed by atoms with E-state index in [2.05, 4.69) is 36.8 Å². The van der Waals surface area contributed by atoms with Gasteiger partial charge in [-0.1, -0.05) is 13.8 Å². The van der Waals surface area contributed by atoms with Gasteiger partial charge >= 0.3 is 0 Å². The first-order chi connectivity index (χ1) is 7.79. The van der Waals surface area contributed by atoms with E-state index in [4.69, 9.17) is 4.74 Å². The van der Waals surface area contributed by atoms with E-state index in [0.29, 0.717) is 6.04 Å². The van der Waals surface area contributed by atoms with Gasteiger partial charge in [0.05, 0.1) is 12.6 Å². The van der Waals surface area contributed by atoms with Gasteiger partial charge < -0.3 is 10.1 Å². The molecule has 2 nitrogen and oxygen atoms in total. The van der Waals surface area contributed by atoms with Crippen LogP contribution in [0.25, 0.3) is 0 Å². The van der Waals surface area contributed by atoms with Crippen molar-refractivity contribution < 1.29 is 4.74 Å². The van der Waals surface area contributed by atoms with Gasteiger partial charge in [-0.15, -0.1) is 0 Å². The zero-order valence-electron chi connectivity index (χ0n) is 10.6. The zero-order valence-corrected chi connectivity index (χ0v) is 11.4. The lowest BCUT2D eigenvalue weighted by atomic mass is 10.1. The third kappa shape index (κ3) is 4.24. The Morgan fingerprint density at radius 1 is 1.31 bits per heavy atom. The van der Waals surface area contributed by atoms with Crippen LogP contribution in [0.2, 0.25) is 0 Å². The minimum Gasteiger partial charge on any atom is -0.379 e. The van der Waals surface area contributed by atoms with Crippen LogP contribution in [0, 0.1) is 6.92 Å². The van der Waals surface area contributed by atoms with Crippen LogP contribution in [0.15, 0.2) is 10.8 Å². The van der Waals surface area contributed by atoms with E-state index in [0.717, 1.165) is 32.6 Å². The quantitative estimate of drug-likeness (QED) is 0.703. The summed E-state index contributed by atoms with van der Waals surface area (Å²) < 4.78 is 5.66. The van der Waals surface area contributed by atoms with Gasteiger partial charge in [0.1, 0.15) is 0 Å². The molecule has 0 saturated heterocycles. The Balaban J connectivity index is 2.53. The van der Waals surface area contributed by atoms with Gasteiger partial charge in [0.25, 0.3) is 0 Å². The van der Waals surface area contributed by atoms with Gasteiger partial charge in [-0.05, 0) is 48.2 Å². The topological polar surface area (TPSA) is 21.3 Å². The third-order valence-corrected chi connectivity index (χ3v) is 3.42. The van der Waals surface area contributed by atoms with Crippen LogP contribution in [0.1, 0.15) is 43.9 Å². The van der Waals surface area contributed by atoms with Crippen molar-refractivity contribution in [2.45, 2.75) is 39.7 Å². The molecule has 1 atom stereocenters. The maximum atomic E-state index is 5.66. The molecule has 1 aromatic heterocycles. The predicted molar refractivity (Wildman–Crippen MR) is 71.2 cm³/mol. The smallest absolute Gasteiger partial charge is 0.0661 e. The Kier molecular flexibility index (Phi) is 6.69. The molecule has 92 valence electrons. The molecule has 0 saturated carbocycles. The van der Waals surface area contributed by atoms with Crippen molar-refractivity contribution in [2.24, 2.45) is 0 Å². The SMILES string of the molecule is CCCNC(COCCC)c1cscc1C. The molecular formula is C13H23NOS. The number of hydrogen-bond acceptors (Lipinski definition) is 3. The Morgan fingerprint density at radius 3 is 2.69 bits per heavy atom. The first kappa shape index (κ1) is 13.7. The Labute approximate surface area is 103 Å². The maximum absolute atomic E-state index is 5.66. The number of rotatable bonds is 8. The number of nitrogens with one attached hydrogen (secondary N) is 1. The van der Waals surface area contributed by atoms with Crippen molar-refractivity contribution in [1.29, 1.82) is 0 Å². The lowest BCUT2D eigenvalue weighted by Gasteiger charge is -2.18. The molecular weight excluding hydrogens is 218 g/mol. The van der Waals surface area contributed by atoms with Crippen molar-refractivity contribution >= 4 is 11.3 Å². The molecule has 0 aliphatic carbocycles. The highest BCUT2D eigenvalue weighted by Crippen LogP contribution is 2.22. The average Bonchev–Trinajstić information content (AvgIpc) is 2.70. The fourth-order valence-corrected chi connectivity index (χ4v) is 2.56. The van der Waals surface area contributed by atoms with E-state index >= 15 is 0 Å². The van der Waals surface area contributed by atoms with Crippen LogP contribution in [-0.4, -0.2) is 19.8 Å². The predicted octanol–water partition coefficient (Wildman–Crippen LogP) is 3.52. The van der Waals surface area contributed by atoms with Gasteiger partial charge in [0.2, 0.25) is 0 Å². The first-order valence-corrected chi connectivity index (χ1v) is 7.07. The molecule has 0 amide bonds. The molecule has 1 aromatic rings. The summed E-state index contributed by atoms with van der Waals surface area (Å²) in [5.74, 6) is 0. The molecule has 1 heterocycles. The van der Waals surface area contributed by atoms with Gasteiger partial charge in [-0.2, -0.15) is 11.3 Å². The highest BCUT2D eigenvalue weighted by Gasteiger charge is 2.13. The summed E-state index contributed by atoms with van der Waals surface area (Å²) in [6.07, 6.45) is 2.25. The van der Waals surface area contributed by atoms with Crippen molar-refractivity contribution in [3.8, 4) is 0 Å². The van der Waals surface area contributed by atoms with E-state index in [9.17, 15) is 0 Å². The summed E-state index contributed by atoms with van der Waals surface area (Å²) in [4.78, 5) is 0. The van der Waals surface area contributed by atoms with Crippen LogP contribution in [-0.2, 0) is 4.74 Å². The van der Waals surface area contributed by atoms with E-state index in [1.54, 1.807) is 11.3 Å². The molecule has 0 aliphatic rings. The van der Waals surface area contributed by atoms with Crippen molar-refractivity contribution in [2.75, 3.05) is 19.8 Å². The van der Waals surface area contributed by atoms with Crippen LogP contribution < -0.4 is 5.32 Å². The summed E-state index contributed by atoms with van der Waals surface area (Å²) in [6, 6.07) is 0.359. The summed E-state index contributed by atoms with van der Waals surface area (Å²) >= 11 is 1.77. The highest BCUT2D eigenvalue weighted by molar-refractivity contribution is 7.08. The zero-order chi connectivity index (χ0) is 11.8. The second-order valence-corrected chi connectivity index (χ2v) is 4.84. The largest absolute Gasteiger partial charge is 0.379 e. The van der Waals surface area contributed by atoms with Crippen LogP contribution in [0.3, 0.4) is 0 Å². The van der Waals surface area contributed by atoms with Gasteiger partial charge in [-0.25, -0.2) is 0 Å². The Hall–Kier alpha value is -0.380. The van der Waals surface area contributed by atoms with Gasteiger partial charge in [-0.3, -0.25) is 0 Å². The van der Waals surface area contributed by atoms with Crippen LogP contribution >= 0.6 is 11.3 Å². The minimum atomic E-state index is 0.359. The number of aryl methyl sites for hydroxylation is 1. The fraction of sp³-hybridized carbons (Fsp3) is 0.692. The molecule has 0 radical (unpaired) electrons. The van der Waals surface area contributed by atoms with E-state index < -0.39 is 0 Å². The summed E-state index contributed by atoms with van der Waals surface area (Å²) in [7, 11) is 0. The Morgan fingerprint density at radius 2 is 2.12 bits per heavy atom. The maximum Gasteiger partial charge on any atom is 0.0661 e. The van der Waals surface area contributed by atoms with Crippen molar-refractivity contribution in [1.82, 2.24) is 5.32 Å². The summed E-state index contributed by atoms with van der Waals surface area (Å²) in [5, 5.41) is 7.99. The standard InChI is InChI=1S/C13H23NOS/c1-4-6-14-13(8-15-7-5-2)12-10-16-9-11(12)3/h9-10,13-14H,4-8H2,1-3H3. The van der Waals surface area contributed by atoms with Crippen molar-refractivity contribution in [3.63, 3.8) is 0 Å². The van der Waals surface area contributed by atoms with Gasteiger partial charge in [0, 0.05) is 6.61 Å². The summed E-state index contributed by atoms with van der Waals surface area (Å²) in [5.41, 5.74) is 2.77. The lowest BCUT2D eigenvalue weighted by Crippen LogP contribution is -2.26. The normalized spacial score (nSPS) is 12.9. The Bertz CT molecular complexity index is 285. The minimum absolute atomic E-state index is 0.359. The van der Waals surface area contributed by atoms with E-state index in [-0.39, 0.29) is 0 Å². The van der Waals surface area contributed by atoms with Crippen LogP contribution in [0.4, 0.5) is 0 Å². The number of thiophene rings is 1. The van der Waals surface area contributed by atoms with E-state index in [1.807, 2.05) is 0 Å². The molecule has 3 heteroatoms. The van der Waals surface area contributed by atoms with E-state index in [1.165, 1.54) is 11.1 Å². The third-order valence-electron chi connectivity index (χ3n) is 2.54. The molecule has 0 spiro atoms. The lowest BCUT2D eigenvalue weighted by molar-refractivity contribution is 0.112. The first-order valence-electron chi connectivity index (χ1n) is 6.13. The molecule has 1 unspecified atom stereocenters. The van der Waals surface area contributed by atoms with Crippen molar-refractivity contribution in [3.05, 3.63) is 21.9 Å². The van der Waals surface area contributed by atoms with Crippen LogP contribution in [0.5, 0.6) is 0 Å². The molecule has 1 rings (SSSR count). The second-order valence-electron chi connectivity index (χ2n) is 4.09. The second kappa shape index (κ2) is 7.82. The average molecular weight is 241 g/mol. The molecule has 16 heavy (non-hydrogen) atoms. The van der Waals surface area contributed by atoms with Gasteiger partial charge in [0.15, 0.2) is 0 Å². The number of ether oxygens (including phenoxy) is 1. The molecule has 0 aliphatic heterocycles. The molecule has 0 aromatic carbocycles. The fourth-order valence-electron chi connectivity index (χ4n) is 1.65.